The zero-order chi connectivity index (χ0) is 20.0. The highest BCUT2D eigenvalue weighted by atomic mass is 79.9. The number of fused-ring (bicyclic) bond motifs is 1. The van der Waals surface area contributed by atoms with E-state index in [9.17, 15) is 8.78 Å². The van der Waals surface area contributed by atoms with Gasteiger partial charge in [0.15, 0.2) is 5.58 Å². The van der Waals surface area contributed by atoms with Crippen LogP contribution < -0.4 is 0 Å². The molecule has 0 bridgehead atoms. The average Bonchev–Trinajstić information content (AvgIpc) is 3.35. The fourth-order valence-electron chi connectivity index (χ4n) is 3.67. The van der Waals surface area contributed by atoms with Crippen LogP contribution in [0.25, 0.3) is 22.6 Å². The van der Waals surface area contributed by atoms with Gasteiger partial charge in [-0.2, -0.15) is 0 Å². The minimum atomic E-state index is -0.567. The highest BCUT2D eigenvalue weighted by molar-refractivity contribution is 9.10. The van der Waals surface area contributed by atoms with Crippen molar-refractivity contribution in [2.75, 3.05) is 0 Å². The van der Waals surface area contributed by atoms with Gasteiger partial charge in [0.25, 0.3) is 0 Å². The molecular weight excluding hydrogens is 438 g/mol. The summed E-state index contributed by atoms with van der Waals surface area (Å²) in [5, 5.41) is 0. The van der Waals surface area contributed by atoms with E-state index in [2.05, 4.69) is 25.9 Å². The Morgan fingerprint density at radius 3 is 2.48 bits per heavy atom. The van der Waals surface area contributed by atoms with Gasteiger partial charge in [0.1, 0.15) is 17.2 Å². The summed E-state index contributed by atoms with van der Waals surface area (Å²) in [5.74, 6) is -0.585. The number of aliphatic imine (C=N–C) groups is 1. The molecule has 1 aromatic heterocycles. The maximum atomic E-state index is 14.0. The molecule has 1 atom stereocenters. The number of hydrogen-bond donors (Lipinski definition) is 0. The van der Waals surface area contributed by atoms with Crippen LogP contribution in [0.2, 0.25) is 0 Å². The van der Waals surface area contributed by atoms with Crippen molar-refractivity contribution < 1.29 is 13.2 Å². The van der Waals surface area contributed by atoms with E-state index >= 15 is 0 Å². The lowest BCUT2D eigenvalue weighted by atomic mass is 10.0. The van der Waals surface area contributed by atoms with Crippen LogP contribution in [0.1, 0.15) is 30.0 Å². The molecule has 3 aromatic carbocycles. The zero-order valence-corrected chi connectivity index (χ0v) is 16.8. The quantitative estimate of drug-likeness (QED) is 0.340. The van der Waals surface area contributed by atoms with Crippen molar-refractivity contribution in [3.8, 4) is 11.5 Å². The second-order valence-corrected chi connectivity index (χ2v) is 7.90. The molecule has 3 nitrogen and oxygen atoms in total. The molecule has 0 saturated heterocycles. The van der Waals surface area contributed by atoms with Gasteiger partial charge >= 0.3 is 0 Å². The molecule has 29 heavy (non-hydrogen) atoms. The number of aromatic nitrogens is 1. The fourth-order valence-corrected chi connectivity index (χ4v) is 4.02. The van der Waals surface area contributed by atoms with Crippen molar-refractivity contribution in [3.05, 3.63) is 87.9 Å². The van der Waals surface area contributed by atoms with E-state index in [4.69, 9.17) is 4.42 Å². The van der Waals surface area contributed by atoms with E-state index < -0.39 is 11.6 Å². The first-order valence-corrected chi connectivity index (χ1v) is 10.1. The molecule has 0 saturated carbocycles. The van der Waals surface area contributed by atoms with Crippen molar-refractivity contribution in [1.82, 2.24) is 4.98 Å². The number of hydrogen-bond acceptors (Lipinski definition) is 3. The average molecular weight is 453 g/mol. The summed E-state index contributed by atoms with van der Waals surface area (Å²) in [6.45, 7) is 0. The predicted molar refractivity (Wildman–Crippen MR) is 112 cm³/mol. The van der Waals surface area contributed by atoms with E-state index in [1.54, 1.807) is 0 Å². The summed E-state index contributed by atoms with van der Waals surface area (Å²) in [6.07, 6.45) is 1.27. The van der Waals surface area contributed by atoms with Crippen molar-refractivity contribution in [3.63, 3.8) is 0 Å². The van der Waals surface area contributed by atoms with E-state index in [1.165, 1.54) is 18.2 Å². The summed E-state index contributed by atoms with van der Waals surface area (Å²) in [4.78, 5) is 9.12. The van der Waals surface area contributed by atoms with Gasteiger partial charge in [0.2, 0.25) is 5.89 Å². The second-order valence-electron chi connectivity index (χ2n) is 6.98. The van der Waals surface area contributed by atoms with Gasteiger partial charge in [-0.15, -0.1) is 0 Å². The van der Waals surface area contributed by atoms with Crippen LogP contribution in [0.15, 0.2) is 74.5 Å². The molecule has 0 spiro atoms. The summed E-state index contributed by atoms with van der Waals surface area (Å²) in [5.41, 5.74) is 3.85. The van der Waals surface area contributed by atoms with Crippen LogP contribution in [-0.2, 0) is 0 Å². The van der Waals surface area contributed by atoms with Crippen molar-refractivity contribution in [2.24, 2.45) is 4.99 Å². The Bertz CT molecular complexity index is 1230. The van der Waals surface area contributed by atoms with Gasteiger partial charge in [-0.1, -0.05) is 34.1 Å². The molecule has 2 heterocycles. The minimum Gasteiger partial charge on any atom is -0.436 e. The third-order valence-electron chi connectivity index (χ3n) is 5.11. The maximum absolute atomic E-state index is 14.0. The first kappa shape index (κ1) is 18.2. The first-order valence-electron chi connectivity index (χ1n) is 9.26. The third kappa shape index (κ3) is 3.38. The first-order chi connectivity index (χ1) is 14.1. The summed E-state index contributed by atoms with van der Waals surface area (Å²) < 4.78 is 34.9. The minimum absolute atomic E-state index is 0.00995. The molecule has 0 amide bonds. The molecule has 1 unspecified atom stereocenters. The van der Waals surface area contributed by atoms with E-state index in [1.807, 2.05) is 42.5 Å². The lowest BCUT2D eigenvalue weighted by Crippen LogP contribution is -2.03. The lowest BCUT2D eigenvalue weighted by molar-refractivity contribution is 0.578. The highest BCUT2D eigenvalue weighted by Gasteiger charge is 2.24. The predicted octanol–water partition coefficient (Wildman–Crippen LogP) is 6.86. The van der Waals surface area contributed by atoms with Crippen LogP contribution in [-0.4, -0.2) is 10.7 Å². The molecule has 144 valence electrons. The molecule has 1 aliphatic rings. The monoisotopic (exact) mass is 452 g/mol. The van der Waals surface area contributed by atoms with Gasteiger partial charge in [-0.05, 0) is 60.9 Å². The number of halogens is 3. The zero-order valence-electron chi connectivity index (χ0n) is 15.2. The molecular formula is C23H15BrF2N2O. The molecule has 5 rings (SSSR count). The van der Waals surface area contributed by atoms with Crippen LogP contribution in [0.3, 0.4) is 0 Å². The Morgan fingerprint density at radius 1 is 0.966 bits per heavy atom. The summed E-state index contributed by atoms with van der Waals surface area (Å²) in [7, 11) is 0. The van der Waals surface area contributed by atoms with Gasteiger partial charge in [0.05, 0.1) is 11.6 Å². The summed E-state index contributed by atoms with van der Waals surface area (Å²) >= 11 is 3.43. The fraction of sp³-hybridized carbons (Fsp3) is 0.130. The van der Waals surface area contributed by atoms with Gasteiger partial charge < -0.3 is 4.42 Å². The van der Waals surface area contributed by atoms with Gasteiger partial charge in [-0.3, -0.25) is 4.99 Å². The SMILES string of the molecule is Fc1cccc(F)c1C1=NC(c2ccc(-c3nc4cc(Br)ccc4o3)cc2)CC1. The van der Waals surface area contributed by atoms with E-state index in [0.29, 0.717) is 18.0 Å². The molecule has 0 radical (unpaired) electrons. The van der Waals surface area contributed by atoms with Crippen LogP contribution in [0, 0.1) is 11.6 Å². The number of oxazole rings is 1. The number of nitrogens with zero attached hydrogens (tertiary/aromatic N) is 2. The standard InChI is InChI=1S/C23H15BrF2N2O/c24-15-8-11-21-20(12-15)28-23(29-21)14-6-4-13(5-7-14)18-9-10-19(27-18)22-16(25)2-1-3-17(22)26/h1-8,11-12,18H,9-10H2. The second kappa shape index (κ2) is 7.19. The van der Waals surface area contributed by atoms with Gasteiger partial charge in [-0.25, -0.2) is 13.8 Å². The van der Waals surface area contributed by atoms with Crippen LogP contribution in [0.4, 0.5) is 8.78 Å². The smallest absolute Gasteiger partial charge is 0.227 e. The van der Waals surface area contributed by atoms with Crippen molar-refractivity contribution in [2.45, 2.75) is 18.9 Å². The molecule has 4 aromatic rings. The molecule has 1 aliphatic heterocycles. The van der Waals surface area contributed by atoms with E-state index in [0.717, 1.165) is 33.1 Å². The molecule has 6 heteroatoms. The highest BCUT2D eigenvalue weighted by Crippen LogP contribution is 2.34. The van der Waals surface area contributed by atoms with Gasteiger partial charge in [0, 0.05) is 15.7 Å². The van der Waals surface area contributed by atoms with Crippen LogP contribution >= 0.6 is 15.9 Å². The molecule has 0 N–H and O–H groups in total. The Balaban J connectivity index is 1.42. The lowest BCUT2D eigenvalue weighted by Gasteiger charge is -2.07. The Kier molecular flexibility index (Phi) is 4.51. The Morgan fingerprint density at radius 2 is 1.72 bits per heavy atom. The third-order valence-corrected chi connectivity index (χ3v) is 5.60. The normalized spacial score (nSPS) is 16.4. The number of benzene rings is 3. The molecule has 0 aliphatic carbocycles. The van der Waals surface area contributed by atoms with E-state index in [-0.39, 0.29) is 11.6 Å². The number of rotatable bonds is 3. The largest absolute Gasteiger partial charge is 0.436 e. The topological polar surface area (TPSA) is 38.4 Å². The van der Waals surface area contributed by atoms with Crippen LogP contribution in [0.5, 0.6) is 0 Å². The molecule has 0 fully saturated rings. The summed E-state index contributed by atoms with van der Waals surface area (Å²) in [6, 6.07) is 17.3. The maximum Gasteiger partial charge on any atom is 0.227 e. The Labute approximate surface area is 174 Å². The van der Waals surface area contributed by atoms with Crippen molar-refractivity contribution >= 4 is 32.7 Å². The Hall–Kier alpha value is -2.86. The van der Waals surface area contributed by atoms with Crippen molar-refractivity contribution in [1.29, 1.82) is 0 Å².